The molecule has 2 aromatic rings. The largest absolute Gasteiger partial charge is 0.351 e. The van der Waals surface area contributed by atoms with E-state index in [1.807, 2.05) is 44.2 Å². The molecule has 0 saturated heterocycles. The predicted octanol–water partition coefficient (Wildman–Crippen LogP) is 2.96. The lowest BCUT2D eigenvalue weighted by molar-refractivity contribution is -0.126. The summed E-state index contributed by atoms with van der Waals surface area (Å²) in [6, 6.07) is 14.4. The molecule has 7 heteroatoms. The van der Waals surface area contributed by atoms with Crippen molar-refractivity contribution in [1.29, 1.82) is 0 Å². The zero-order chi connectivity index (χ0) is 20.1. The molecule has 0 radical (unpaired) electrons. The maximum Gasteiger partial charge on any atom is 0.319 e. The second-order valence-corrected chi connectivity index (χ2v) is 7.06. The van der Waals surface area contributed by atoms with E-state index in [1.165, 1.54) is 0 Å². The summed E-state index contributed by atoms with van der Waals surface area (Å²) in [6.45, 7) is 4.12. The van der Waals surface area contributed by atoms with Crippen LogP contribution in [0, 0.1) is 0 Å². The first-order chi connectivity index (χ1) is 13.4. The first-order valence-electron chi connectivity index (χ1n) is 9.25. The van der Waals surface area contributed by atoms with Gasteiger partial charge in [-0.05, 0) is 43.2 Å². The average molecular weight is 380 g/mol. The normalized spacial score (nSPS) is 15.4. The quantitative estimate of drug-likeness (QED) is 0.642. The van der Waals surface area contributed by atoms with E-state index < -0.39 is 5.92 Å². The van der Waals surface area contributed by atoms with Gasteiger partial charge in [0, 0.05) is 30.4 Å². The molecular weight excluding hydrogens is 356 g/mol. The van der Waals surface area contributed by atoms with Crippen LogP contribution < -0.4 is 21.3 Å². The van der Waals surface area contributed by atoms with Gasteiger partial charge in [-0.15, -0.1) is 0 Å². The number of hydrogen-bond acceptors (Lipinski definition) is 3. The number of fused-ring (bicyclic) bond motifs is 1. The van der Waals surface area contributed by atoms with E-state index in [4.69, 9.17) is 0 Å². The molecule has 0 aliphatic carbocycles. The van der Waals surface area contributed by atoms with Gasteiger partial charge in [0.1, 0.15) is 0 Å². The van der Waals surface area contributed by atoms with Crippen LogP contribution in [0.3, 0.4) is 0 Å². The van der Waals surface area contributed by atoms with Crippen molar-refractivity contribution in [3.8, 4) is 0 Å². The number of anilines is 2. The number of amides is 4. The van der Waals surface area contributed by atoms with Gasteiger partial charge in [0.05, 0.1) is 5.92 Å². The Hall–Kier alpha value is -3.35. The fourth-order valence-corrected chi connectivity index (χ4v) is 3.09. The molecule has 1 aliphatic heterocycles. The summed E-state index contributed by atoms with van der Waals surface area (Å²) in [7, 11) is 0. The molecule has 4 N–H and O–H groups in total. The number of benzene rings is 2. The maximum atomic E-state index is 12.6. The minimum Gasteiger partial charge on any atom is -0.351 e. The highest BCUT2D eigenvalue weighted by Crippen LogP contribution is 2.32. The van der Waals surface area contributed by atoms with E-state index in [1.54, 1.807) is 18.2 Å². The van der Waals surface area contributed by atoms with Crippen LogP contribution >= 0.6 is 0 Å². The molecule has 0 bridgehead atoms. The van der Waals surface area contributed by atoms with Crippen LogP contribution in [0.4, 0.5) is 16.2 Å². The summed E-state index contributed by atoms with van der Waals surface area (Å²) in [5.41, 5.74) is 3.09. The smallest absolute Gasteiger partial charge is 0.319 e. The van der Waals surface area contributed by atoms with Gasteiger partial charge in [-0.1, -0.05) is 30.3 Å². The highest BCUT2D eigenvalue weighted by molar-refractivity contribution is 6.01. The standard InChI is InChI=1S/C21H24N4O3/c1-13(2)23-21(28)24-15-9-7-14(8-10-15)12-22-20(27)17-11-19(26)25-18-6-4-3-5-16(17)18/h3-10,13,17H,11-12H2,1-2H3,(H,22,27)(H,25,26)(H2,23,24,28). The fourth-order valence-electron chi connectivity index (χ4n) is 3.09. The first kappa shape index (κ1) is 19.4. The van der Waals surface area contributed by atoms with Gasteiger partial charge in [0.15, 0.2) is 0 Å². The van der Waals surface area contributed by atoms with Crippen molar-refractivity contribution in [1.82, 2.24) is 10.6 Å². The zero-order valence-corrected chi connectivity index (χ0v) is 15.9. The van der Waals surface area contributed by atoms with Gasteiger partial charge < -0.3 is 21.3 Å². The van der Waals surface area contributed by atoms with Crippen molar-refractivity contribution in [2.24, 2.45) is 0 Å². The topological polar surface area (TPSA) is 99.3 Å². The molecule has 146 valence electrons. The number of para-hydroxylation sites is 1. The van der Waals surface area contributed by atoms with Gasteiger partial charge in [0.25, 0.3) is 0 Å². The van der Waals surface area contributed by atoms with Crippen LogP contribution in [-0.2, 0) is 16.1 Å². The molecular formula is C21H24N4O3. The van der Waals surface area contributed by atoms with Crippen molar-refractivity contribution < 1.29 is 14.4 Å². The summed E-state index contributed by atoms with van der Waals surface area (Å²) in [5, 5.41) is 11.2. The molecule has 28 heavy (non-hydrogen) atoms. The van der Waals surface area contributed by atoms with Crippen molar-refractivity contribution in [2.75, 3.05) is 10.6 Å². The monoisotopic (exact) mass is 380 g/mol. The van der Waals surface area contributed by atoms with Crippen LogP contribution in [0.15, 0.2) is 48.5 Å². The first-order valence-corrected chi connectivity index (χ1v) is 9.25. The number of carbonyl (C=O) groups is 3. The number of urea groups is 1. The Kier molecular flexibility index (Phi) is 5.93. The Labute approximate surface area is 163 Å². The third-order valence-electron chi connectivity index (χ3n) is 4.41. The molecule has 3 rings (SSSR count). The molecule has 7 nitrogen and oxygen atoms in total. The van der Waals surface area contributed by atoms with Crippen molar-refractivity contribution >= 4 is 29.2 Å². The van der Waals surface area contributed by atoms with Gasteiger partial charge in [0.2, 0.25) is 11.8 Å². The predicted molar refractivity (Wildman–Crippen MR) is 108 cm³/mol. The summed E-state index contributed by atoms with van der Waals surface area (Å²) in [4.78, 5) is 36.2. The minimum absolute atomic E-state index is 0.0569. The van der Waals surface area contributed by atoms with Crippen molar-refractivity contribution in [2.45, 2.75) is 38.8 Å². The molecule has 0 spiro atoms. The van der Waals surface area contributed by atoms with Crippen LogP contribution in [0.1, 0.15) is 37.3 Å². The van der Waals surface area contributed by atoms with E-state index in [9.17, 15) is 14.4 Å². The lowest BCUT2D eigenvalue weighted by atomic mass is 9.90. The van der Waals surface area contributed by atoms with E-state index in [0.29, 0.717) is 17.9 Å². The summed E-state index contributed by atoms with van der Waals surface area (Å²) >= 11 is 0. The van der Waals surface area contributed by atoms with Gasteiger partial charge in [-0.3, -0.25) is 9.59 Å². The lowest BCUT2D eigenvalue weighted by Crippen LogP contribution is -2.34. The van der Waals surface area contributed by atoms with Gasteiger partial charge in [-0.2, -0.15) is 0 Å². The summed E-state index contributed by atoms with van der Waals surface area (Å²) in [5.74, 6) is -0.833. The van der Waals surface area contributed by atoms with E-state index in [2.05, 4.69) is 21.3 Å². The third-order valence-corrected chi connectivity index (χ3v) is 4.41. The highest BCUT2D eigenvalue weighted by atomic mass is 16.2. The molecule has 4 amide bonds. The van der Waals surface area contributed by atoms with Gasteiger partial charge in [-0.25, -0.2) is 4.79 Å². The van der Waals surface area contributed by atoms with Crippen molar-refractivity contribution in [3.63, 3.8) is 0 Å². The number of carbonyl (C=O) groups excluding carboxylic acids is 3. The Bertz CT molecular complexity index is 877. The van der Waals surface area contributed by atoms with Crippen LogP contribution in [-0.4, -0.2) is 23.9 Å². The second kappa shape index (κ2) is 8.56. The molecule has 1 unspecified atom stereocenters. The van der Waals surface area contributed by atoms with E-state index in [-0.39, 0.29) is 30.3 Å². The average Bonchev–Trinajstić information content (AvgIpc) is 2.65. The summed E-state index contributed by atoms with van der Waals surface area (Å²) in [6.07, 6.45) is 0.136. The van der Waals surface area contributed by atoms with Crippen LogP contribution in [0.5, 0.6) is 0 Å². The lowest BCUT2D eigenvalue weighted by Gasteiger charge is -2.24. The molecule has 1 aliphatic rings. The third kappa shape index (κ3) is 4.88. The number of nitrogens with one attached hydrogen (secondary N) is 4. The SMILES string of the molecule is CC(C)NC(=O)Nc1ccc(CNC(=O)C2CC(=O)Nc3ccccc32)cc1. The van der Waals surface area contributed by atoms with Crippen LogP contribution in [0.25, 0.3) is 0 Å². The molecule has 0 saturated carbocycles. The van der Waals surface area contributed by atoms with Gasteiger partial charge >= 0.3 is 6.03 Å². The maximum absolute atomic E-state index is 12.6. The molecule has 0 aromatic heterocycles. The number of hydrogen-bond donors (Lipinski definition) is 4. The molecule has 0 fully saturated rings. The van der Waals surface area contributed by atoms with E-state index >= 15 is 0 Å². The Balaban J connectivity index is 1.58. The van der Waals surface area contributed by atoms with Crippen molar-refractivity contribution in [3.05, 3.63) is 59.7 Å². The minimum atomic E-state index is -0.495. The Morgan fingerprint density at radius 2 is 1.82 bits per heavy atom. The molecule has 1 heterocycles. The molecule has 1 atom stereocenters. The summed E-state index contributed by atoms with van der Waals surface area (Å²) < 4.78 is 0. The fraction of sp³-hybridized carbons (Fsp3) is 0.286. The Morgan fingerprint density at radius 1 is 1.11 bits per heavy atom. The molecule has 2 aromatic carbocycles. The second-order valence-electron chi connectivity index (χ2n) is 7.06. The number of rotatable bonds is 5. The zero-order valence-electron chi connectivity index (χ0n) is 15.9. The Morgan fingerprint density at radius 3 is 2.54 bits per heavy atom. The highest BCUT2D eigenvalue weighted by Gasteiger charge is 2.30. The van der Waals surface area contributed by atoms with Crippen LogP contribution in [0.2, 0.25) is 0 Å². The van der Waals surface area contributed by atoms with E-state index in [0.717, 1.165) is 11.1 Å².